The van der Waals surface area contributed by atoms with E-state index >= 15 is 0 Å². The van der Waals surface area contributed by atoms with Gasteiger partial charge < -0.3 is 36.1 Å². The van der Waals surface area contributed by atoms with Crippen molar-refractivity contribution in [2.24, 2.45) is 23.3 Å². The molecule has 1 heterocycles. The predicted octanol–water partition coefficient (Wildman–Crippen LogP) is 1.72. The average Bonchev–Trinajstić information content (AvgIpc) is 2.88. The molecule has 6 atom stereocenters. The van der Waals surface area contributed by atoms with E-state index in [9.17, 15) is 24.3 Å². The zero-order valence-electron chi connectivity index (χ0n) is 23.2. The topological polar surface area (TPSA) is 180 Å². The number of allylic oxidation sites excluding steroid dienone is 4. The van der Waals surface area contributed by atoms with E-state index in [0.717, 1.165) is 6.08 Å². The largest absolute Gasteiger partial charge is 0.439 e. The van der Waals surface area contributed by atoms with Crippen LogP contribution in [0.4, 0.5) is 4.79 Å². The molecule has 0 spiro atoms. The molecule has 0 aromatic heterocycles. The van der Waals surface area contributed by atoms with Crippen molar-refractivity contribution in [3.63, 3.8) is 0 Å². The van der Waals surface area contributed by atoms with Gasteiger partial charge in [0.25, 0.3) is 5.91 Å². The fraction of sp³-hybridized carbons (Fsp3) is 0.500. The van der Waals surface area contributed by atoms with Gasteiger partial charge in [0.05, 0.1) is 23.6 Å². The van der Waals surface area contributed by atoms with Crippen molar-refractivity contribution in [3.05, 3.63) is 58.5 Å². The number of ketones is 2. The number of carbonyl (C=O) groups excluding carboxylic acids is 4. The first-order chi connectivity index (χ1) is 18.3. The maximum absolute atomic E-state index is 13.2. The van der Waals surface area contributed by atoms with E-state index in [1.54, 1.807) is 26.0 Å². The van der Waals surface area contributed by atoms with Gasteiger partial charge in [-0.1, -0.05) is 38.2 Å². The SMILES string of the molecule is CO[C@H]1/C=C\C=C(/C)C(=O)NC2=CC(=O)C(N)=C(CC(C)C[C@H](OC)[C@H](O)C(C)/C=C(\C)[C@@H]1OC(N)=O)C2=O. The monoisotopic (exact) mass is 545 g/mol. The number of fused-ring (bicyclic) bond motifs is 2. The van der Waals surface area contributed by atoms with Crippen molar-refractivity contribution < 1.29 is 38.5 Å². The smallest absolute Gasteiger partial charge is 0.405 e. The van der Waals surface area contributed by atoms with Crippen LogP contribution in [0.5, 0.6) is 0 Å². The van der Waals surface area contributed by atoms with E-state index in [2.05, 4.69) is 5.32 Å². The molecule has 6 N–H and O–H groups in total. The molecule has 0 saturated carbocycles. The Morgan fingerprint density at radius 3 is 2.38 bits per heavy atom. The number of ether oxygens (including phenoxy) is 3. The third-order valence-corrected chi connectivity index (χ3v) is 6.84. The third-order valence-electron chi connectivity index (χ3n) is 6.84. The first-order valence-electron chi connectivity index (χ1n) is 12.6. The number of nitrogens with one attached hydrogen (secondary N) is 1. The van der Waals surface area contributed by atoms with E-state index < -0.39 is 53.9 Å². The number of methoxy groups -OCH3 is 2. The Hall–Kier alpha value is -3.54. The molecule has 1 aliphatic heterocycles. The maximum Gasteiger partial charge on any atom is 0.405 e. The Labute approximate surface area is 228 Å². The summed E-state index contributed by atoms with van der Waals surface area (Å²) in [6.07, 6.45) is 3.55. The summed E-state index contributed by atoms with van der Waals surface area (Å²) in [6, 6.07) is 0. The zero-order valence-corrected chi connectivity index (χ0v) is 23.2. The van der Waals surface area contributed by atoms with Gasteiger partial charge in [0.15, 0.2) is 6.10 Å². The Morgan fingerprint density at radius 1 is 1.13 bits per heavy atom. The van der Waals surface area contributed by atoms with Crippen molar-refractivity contribution in [1.82, 2.24) is 5.32 Å². The zero-order chi connectivity index (χ0) is 29.4. The molecule has 2 amide bonds. The summed E-state index contributed by atoms with van der Waals surface area (Å²) in [4.78, 5) is 50.1. The van der Waals surface area contributed by atoms with Crippen LogP contribution in [0.15, 0.2) is 58.5 Å². The molecule has 2 bridgehead atoms. The fourth-order valence-electron chi connectivity index (χ4n) is 4.61. The van der Waals surface area contributed by atoms with Gasteiger partial charge in [-0.2, -0.15) is 0 Å². The lowest BCUT2D eigenvalue weighted by atomic mass is 9.85. The second-order valence-electron chi connectivity index (χ2n) is 9.97. The van der Waals surface area contributed by atoms with Crippen molar-refractivity contribution >= 4 is 23.6 Å². The van der Waals surface area contributed by atoms with Crippen LogP contribution in [-0.2, 0) is 28.6 Å². The Balaban J connectivity index is 2.58. The van der Waals surface area contributed by atoms with E-state index in [4.69, 9.17) is 25.7 Å². The van der Waals surface area contributed by atoms with Gasteiger partial charge in [-0.15, -0.1) is 0 Å². The Kier molecular flexibility index (Phi) is 11.4. The van der Waals surface area contributed by atoms with E-state index in [1.807, 2.05) is 6.92 Å². The Morgan fingerprint density at radius 2 is 1.79 bits per heavy atom. The van der Waals surface area contributed by atoms with Crippen LogP contribution < -0.4 is 16.8 Å². The molecule has 0 fully saturated rings. The van der Waals surface area contributed by atoms with E-state index in [0.29, 0.717) is 12.0 Å². The Bertz CT molecular complexity index is 1130. The van der Waals surface area contributed by atoms with Gasteiger partial charge in [-0.25, -0.2) is 4.79 Å². The molecule has 0 radical (unpaired) electrons. The summed E-state index contributed by atoms with van der Waals surface area (Å²) in [7, 11) is 2.90. The van der Waals surface area contributed by atoms with Crippen LogP contribution in [0.25, 0.3) is 0 Å². The van der Waals surface area contributed by atoms with Gasteiger partial charge in [0, 0.05) is 37.4 Å². The van der Waals surface area contributed by atoms with Gasteiger partial charge in [-0.05, 0) is 38.2 Å². The first-order valence-corrected chi connectivity index (χ1v) is 12.6. The molecule has 0 saturated heterocycles. The maximum atomic E-state index is 13.2. The predicted molar refractivity (Wildman–Crippen MR) is 144 cm³/mol. The van der Waals surface area contributed by atoms with E-state index in [-0.39, 0.29) is 34.9 Å². The number of primary amides is 1. The number of carbonyl (C=O) groups is 4. The quantitative estimate of drug-likeness (QED) is 0.303. The average molecular weight is 546 g/mol. The molecule has 0 aromatic carbocycles. The first kappa shape index (κ1) is 31.7. The van der Waals surface area contributed by atoms with Crippen molar-refractivity contribution in [2.45, 2.75) is 65.0 Å². The molecule has 1 aliphatic carbocycles. The number of Topliss-reactive ketones (excluding diaryl/α,β-unsaturated/α-hetero) is 1. The summed E-state index contributed by atoms with van der Waals surface area (Å²) in [5, 5.41) is 13.6. The minimum atomic E-state index is -1.00. The summed E-state index contributed by atoms with van der Waals surface area (Å²) >= 11 is 0. The molecular formula is C28H39N3O8. The highest BCUT2D eigenvalue weighted by molar-refractivity contribution is 6.23. The second kappa shape index (κ2) is 14.0. The lowest BCUT2D eigenvalue weighted by Crippen LogP contribution is -2.37. The molecule has 0 aromatic rings. The van der Waals surface area contributed by atoms with Crippen molar-refractivity contribution in [1.29, 1.82) is 0 Å². The summed E-state index contributed by atoms with van der Waals surface area (Å²) < 4.78 is 16.4. The van der Waals surface area contributed by atoms with Crippen LogP contribution in [0, 0.1) is 11.8 Å². The molecule has 39 heavy (non-hydrogen) atoms. The van der Waals surface area contributed by atoms with Gasteiger partial charge in [0.1, 0.15) is 6.10 Å². The second-order valence-corrected chi connectivity index (χ2v) is 9.97. The van der Waals surface area contributed by atoms with Crippen LogP contribution in [-0.4, -0.2) is 67.3 Å². The number of aliphatic hydroxyl groups is 1. The fourth-order valence-corrected chi connectivity index (χ4v) is 4.61. The standard InChI is InChI=1S/C28H39N3O8/c1-14-10-18-23(29)20(32)13-19(25(18)34)31-27(35)15(2)8-7-9-21(37-5)26(39-28(30)36)17(4)12-16(3)24(33)22(11-14)38-6/h7-9,12-14,16,21-22,24,26,33H,10-11,29H2,1-6H3,(H2,30,36)(H,31,35)/b9-7-,15-8+,17-12+/t14?,16?,21-,22-,24+,26-/m0/s1. The van der Waals surface area contributed by atoms with Gasteiger partial charge >= 0.3 is 6.09 Å². The molecule has 11 heteroatoms. The van der Waals surface area contributed by atoms with E-state index in [1.165, 1.54) is 33.3 Å². The molecule has 2 rings (SSSR count). The molecule has 11 nitrogen and oxygen atoms in total. The third kappa shape index (κ3) is 8.22. The number of hydrogen-bond donors (Lipinski definition) is 4. The summed E-state index contributed by atoms with van der Waals surface area (Å²) in [5.41, 5.74) is 11.9. The normalized spacial score (nSPS) is 33.3. The lowest BCUT2D eigenvalue weighted by molar-refractivity contribution is -0.120. The molecule has 2 unspecified atom stereocenters. The number of aliphatic hydroxyl groups excluding tert-OH is 1. The van der Waals surface area contributed by atoms with Crippen LogP contribution in [0.3, 0.4) is 0 Å². The molecule has 2 aliphatic rings. The highest BCUT2D eigenvalue weighted by Crippen LogP contribution is 2.28. The van der Waals surface area contributed by atoms with Crippen LogP contribution in [0.1, 0.15) is 40.5 Å². The number of hydrogen-bond acceptors (Lipinski definition) is 9. The minimum absolute atomic E-state index is 0.104. The number of amides is 2. The van der Waals surface area contributed by atoms with Gasteiger partial charge in [-0.3, -0.25) is 14.4 Å². The van der Waals surface area contributed by atoms with Crippen LogP contribution >= 0.6 is 0 Å². The molecular weight excluding hydrogens is 506 g/mol. The minimum Gasteiger partial charge on any atom is -0.439 e. The molecule has 214 valence electrons. The summed E-state index contributed by atoms with van der Waals surface area (Å²) in [6.45, 7) is 6.89. The highest BCUT2D eigenvalue weighted by atomic mass is 16.6. The lowest BCUT2D eigenvalue weighted by Gasteiger charge is -2.29. The number of nitrogens with two attached hydrogens (primary N) is 2. The van der Waals surface area contributed by atoms with Crippen LogP contribution in [0.2, 0.25) is 0 Å². The van der Waals surface area contributed by atoms with Crippen molar-refractivity contribution in [2.75, 3.05) is 14.2 Å². The number of rotatable bonds is 3. The van der Waals surface area contributed by atoms with Crippen molar-refractivity contribution in [3.8, 4) is 0 Å². The highest BCUT2D eigenvalue weighted by Gasteiger charge is 2.32. The summed E-state index contributed by atoms with van der Waals surface area (Å²) in [5.74, 6) is -2.37. The van der Waals surface area contributed by atoms with Gasteiger partial charge in [0.2, 0.25) is 11.6 Å².